The van der Waals surface area contributed by atoms with Gasteiger partial charge >= 0.3 is 23.4 Å². The molecule has 178 valence electrons. The molecule has 5 N–H and O–H groups in total. The first kappa shape index (κ1) is 25.4. The average Bonchev–Trinajstić information content (AvgIpc) is 2.71. The van der Waals surface area contributed by atoms with Crippen LogP contribution in [0.25, 0.3) is 0 Å². The molecule has 0 saturated carbocycles. The second-order valence-corrected chi connectivity index (χ2v) is 8.31. The Morgan fingerprint density at radius 3 is 2.35 bits per heavy atom. The van der Waals surface area contributed by atoms with Crippen LogP contribution in [0, 0.1) is 21.4 Å². The molecule has 1 heterocycles. The SMILES string of the molecule is CS(=O)(=O)c1nc(Oc2cc(C#N)ccc2C(N)=O)c([N+](=O)[O-])c(OC(CC(N)=O)C(=O)O)n1. The fourth-order valence-corrected chi connectivity index (χ4v) is 2.85. The number of amides is 2. The highest BCUT2D eigenvalue weighted by molar-refractivity contribution is 7.90. The molecule has 34 heavy (non-hydrogen) atoms. The molecule has 2 aromatic rings. The lowest BCUT2D eigenvalue weighted by Crippen LogP contribution is -2.33. The lowest BCUT2D eigenvalue weighted by atomic mass is 10.1. The van der Waals surface area contributed by atoms with E-state index >= 15 is 0 Å². The summed E-state index contributed by atoms with van der Waals surface area (Å²) in [5.74, 6) is -6.76. The topological polar surface area (TPSA) is 269 Å². The van der Waals surface area contributed by atoms with Crippen LogP contribution in [-0.2, 0) is 19.4 Å². The van der Waals surface area contributed by atoms with Crippen molar-refractivity contribution in [2.24, 2.45) is 11.5 Å². The van der Waals surface area contributed by atoms with Crippen molar-refractivity contribution < 1.29 is 42.3 Å². The second kappa shape index (κ2) is 9.74. The number of aromatic nitrogens is 2. The summed E-state index contributed by atoms with van der Waals surface area (Å²) in [5.41, 5.74) is 8.51. The maximum Gasteiger partial charge on any atom is 0.392 e. The minimum atomic E-state index is -4.29. The van der Waals surface area contributed by atoms with Crippen LogP contribution >= 0.6 is 0 Å². The van der Waals surface area contributed by atoms with E-state index in [0.29, 0.717) is 6.26 Å². The average molecular weight is 494 g/mol. The molecule has 0 bridgehead atoms. The number of ether oxygens (including phenoxy) is 2. The van der Waals surface area contributed by atoms with E-state index in [1.54, 1.807) is 6.07 Å². The molecule has 0 spiro atoms. The van der Waals surface area contributed by atoms with E-state index in [2.05, 4.69) is 9.97 Å². The van der Waals surface area contributed by atoms with Gasteiger partial charge in [0.15, 0.2) is 0 Å². The standard InChI is InChI=1S/C17H14N6O10S/c1-34(30,31)17-21-14(32-9-4-7(6-18)2-3-8(9)13(20)25)12(23(28)29)15(22-17)33-10(16(26)27)5-11(19)24/h2-4,10H,5H2,1H3,(H2,19,24)(H2,20,25)(H,26,27). The molecule has 0 aliphatic heterocycles. The Morgan fingerprint density at radius 2 is 1.88 bits per heavy atom. The molecule has 1 aromatic carbocycles. The van der Waals surface area contributed by atoms with Gasteiger partial charge in [-0.15, -0.1) is 0 Å². The highest BCUT2D eigenvalue weighted by Gasteiger charge is 2.35. The number of carboxylic acids is 1. The predicted molar refractivity (Wildman–Crippen MR) is 107 cm³/mol. The number of primary amides is 2. The molecule has 0 aliphatic carbocycles. The highest BCUT2D eigenvalue weighted by Crippen LogP contribution is 2.39. The van der Waals surface area contributed by atoms with E-state index in [0.717, 1.165) is 12.1 Å². The van der Waals surface area contributed by atoms with Crippen LogP contribution < -0.4 is 20.9 Å². The van der Waals surface area contributed by atoms with E-state index in [4.69, 9.17) is 26.2 Å². The van der Waals surface area contributed by atoms with Crippen LogP contribution in [0.1, 0.15) is 22.3 Å². The molecular weight excluding hydrogens is 480 g/mol. The number of carboxylic acid groups (broad SMARTS) is 1. The number of hydrogen-bond donors (Lipinski definition) is 3. The van der Waals surface area contributed by atoms with Crippen molar-refractivity contribution in [3.8, 4) is 23.6 Å². The number of carbonyl (C=O) groups excluding carboxylic acids is 2. The van der Waals surface area contributed by atoms with Crippen LogP contribution in [0.3, 0.4) is 0 Å². The number of rotatable bonds is 10. The summed E-state index contributed by atoms with van der Waals surface area (Å²) in [7, 11) is -4.29. The Bertz CT molecular complexity index is 1350. The summed E-state index contributed by atoms with van der Waals surface area (Å²) in [6, 6.07) is 4.97. The Labute approximate surface area is 189 Å². The fourth-order valence-electron chi connectivity index (χ4n) is 2.35. The third-order valence-corrected chi connectivity index (χ3v) is 4.66. The van der Waals surface area contributed by atoms with Crippen LogP contribution in [0.5, 0.6) is 17.5 Å². The summed E-state index contributed by atoms with van der Waals surface area (Å²) < 4.78 is 34.3. The summed E-state index contributed by atoms with van der Waals surface area (Å²) >= 11 is 0. The number of sulfone groups is 1. The summed E-state index contributed by atoms with van der Waals surface area (Å²) in [4.78, 5) is 51.7. The van der Waals surface area contributed by atoms with Gasteiger partial charge in [-0.05, 0) is 18.2 Å². The number of nitrogens with zero attached hydrogens (tertiary/aromatic N) is 4. The van der Waals surface area contributed by atoms with Crippen molar-refractivity contribution in [3.63, 3.8) is 0 Å². The fraction of sp³-hybridized carbons (Fsp3) is 0.176. The first-order valence-electron chi connectivity index (χ1n) is 8.70. The number of aliphatic carboxylic acids is 1. The number of nitriles is 1. The van der Waals surface area contributed by atoms with Crippen molar-refractivity contribution in [2.75, 3.05) is 6.26 Å². The molecule has 0 saturated heterocycles. The van der Waals surface area contributed by atoms with Gasteiger partial charge in [0, 0.05) is 6.26 Å². The molecule has 2 amide bonds. The van der Waals surface area contributed by atoms with Gasteiger partial charge in [0.05, 0.1) is 28.5 Å². The number of nitrogens with two attached hydrogens (primary N) is 2. The van der Waals surface area contributed by atoms with Crippen LogP contribution in [-0.4, -0.2) is 58.6 Å². The minimum absolute atomic E-state index is 0.0658. The zero-order valence-corrected chi connectivity index (χ0v) is 17.8. The number of benzene rings is 1. The zero-order chi connectivity index (χ0) is 25.8. The van der Waals surface area contributed by atoms with Crippen molar-refractivity contribution in [3.05, 3.63) is 39.4 Å². The van der Waals surface area contributed by atoms with Crippen molar-refractivity contribution in [1.82, 2.24) is 9.97 Å². The van der Waals surface area contributed by atoms with Crippen LogP contribution in [0.4, 0.5) is 5.69 Å². The van der Waals surface area contributed by atoms with Gasteiger partial charge < -0.3 is 26.0 Å². The molecular formula is C17H14N6O10S. The minimum Gasteiger partial charge on any atom is -0.478 e. The molecule has 0 radical (unpaired) electrons. The highest BCUT2D eigenvalue weighted by atomic mass is 32.2. The van der Waals surface area contributed by atoms with Gasteiger partial charge in [-0.1, -0.05) is 0 Å². The summed E-state index contributed by atoms with van der Waals surface area (Å²) in [6.45, 7) is 0. The van der Waals surface area contributed by atoms with Gasteiger partial charge in [0.2, 0.25) is 21.8 Å². The Kier molecular flexibility index (Phi) is 7.28. The monoisotopic (exact) mass is 494 g/mol. The van der Waals surface area contributed by atoms with Gasteiger partial charge in [0.25, 0.3) is 11.1 Å². The Balaban J connectivity index is 2.80. The molecule has 16 nitrogen and oxygen atoms in total. The molecule has 1 aromatic heterocycles. The van der Waals surface area contributed by atoms with Crippen LogP contribution in [0.2, 0.25) is 0 Å². The lowest BCUT2D eigenvalue weighted by Gasteiger charge is -2.15. The molecule has 1 atom stereocenters. The quantitative estimate of drug-likeness (QED) is 0.209. The van der Waals surface area contributed by atoms with Gasteiger partial charge in [-0.25, -0.2) is 13.2 Å². The third kappa shape index (κ3) is 5.89. The van der Waals surface area contributed by atoms with E-state index in [-0.39, 0.29) is 11.1 Å². The smallest absolute Gasteiger partial charge is 0.392 e. The van der Waals surface area contributed by atoms with E-state index in [9.17, 15) is 38.0 Å². The molecule has 17 heteroatoms. The number of hydrogen-bond acceptors (Lipinski definition) is 12. The molecule has 2 rings (SSSR count). The summed E-state index contributed by atoms with van der Waals surface area (Å²) in [6.07, 6.45) is -2.41. The lowest BCUT2D eigenvalue weighted by molar-refractivity contribution is -0.387. The first-order valence-corrected chi connectivity index (χ1v) is 10.6. The van der Waals surface area contributed by atoms with Gasteiger partial charge in [-0.3, -0.25) is 19.7 Å². The maximum absolute atomic E-state index is 12.0. The maximum atomic E-state index is 12.0. The molecule has 0 fully saturated rings. The normalized spacial score (nSPS) is 11.6. The van der Waals surface area contributed by atoms with Crippen molar-refractivity contribution in [2.45, 2.75) is 17.7 Å². The summed E-state index contributed by atoms with van der Waals surface area (Å²) in [5, 5.41) is 29.0. The largest absolute Gasteiger partial charge is 0.478 e. The Hall–Kier alpha value is -4.85. The Morgan fingerprint density at radius 1 is 1.26 bits per heavy atom. The second-order valence-electron chi connectivity index (χ2n) is 6.40. The predicted octanol–water partition coefficient (Wildman–Crippen LogP) is -0.741. The third-order valence-electron chi connectivity index (χ3n) is 3.81. The van der Waals surface area contributed by atoms with E-state index in [1.807, 2.05) is 0 Å². The van der Waals surface area contributed by atoms with Gasteiger partial charge in [0.1, 0.15) is 5.75 Å². The first-order chi connectivity index (χ1) is 15.7. The van der Waals surface area contributed by atoms with Crippen LogP contribution in [0.15, 0.2) is 23.4 Å². The van der Waals surface area contributed by atoms with Crippen molar-refractivity contribution in [1.29, 1.82) is 5.26 Å². The molecule has 1 unspecified atom stereocenters. The number of nitro groups is 1. The van der Waals surface area contributed by atoms with E-state index in [1.165, 1.54) is 6.07 Å². The van der Waals surface area contributed by atoms with Gasteiger partial charge in [-0.2, -0.15) is 15.2 Å². The van der Waals surface area contributed by atoms with E-state index < -0.39 is 73.4 Å². The number of carbonyl (C=O) groups is 3. The molecule has 0 aliphatic rings. The zero-order valence-electron chi connectivity index (χ0n) is 17.0. The van der Waals surface area contributed by atoms with Crippen molar-refractivity contribution >= 4 is 33.3 Å².